The van der Waals surface area contributed by atoms with E-state index in [1.54, 1.807) is 0 Å². The first-order valence-electron chi connectivity index (χ1n) is 10.5. The first-order valence-corrected chi connectivity index (χ1v) is 10.5. The molecule has 2 aromatic heterocycles. The molecule has 0 spiro atoms. The zero-order valence-corrected chi connectivity index (χ0v) is 17.2. The monoisotopic (exact) mass is 407 g/mol. The smallest absolute Gasteiger partial charge is 0.261 e. The van der Waals surface area contributed by atoms with Crippen molar-refractivity contribution in [3.63, 3.8) is 0 Å². The Balaban J connectivity index is 1.16. The Bertz CT molecular complexity index is 1060. The van der Waals surface area contributed by atoms with E-state index in [2.05, 4.69) is 15.2 Å². The van der Waals surface area contributed by atoms with E-state index in [0.717, 1.165) is 35.6 Å². The van der Waals surface area contributed by atoms with Crippen molar-refractivity contribution < 1.29 is 14.1 Å². The highest BCUT2D eigenvalue weighted by molar-refractivity contribution is 5.77. The van der Waals surface area contributed by atoms with Crippen LogP contribution in [0.15, 0.2) is 34.9 Å². The van der Waals surface area contributed by atoms with Gasteiger partial charge in [-0.25, -0.2) is 0 Å². The van der Waals surface area contributed by atoms with Gasteiger partial charge in [-0.3, -0.25) is 9.48 Å². The van der Waals surface area contributed by atoms with Gasteiger partial charge in [0.25, 0.3) is 5.89 Å². The van der Waals surface area contributed by atoms with Crippen molar-refractivity contribution in [3.8, 4) is 17.2 Å². The first-order chi connectivity index (χ1) is 14.6. The Hall–Kier alpha value is -3.16. The number of likely N-dealkylation sites (tertiary alicyclic amines) is 1. The quantitative estimate of drug-likeness (QED) is 0.598. The highest BCUT2D eigenvalue weighted by Crippen LogP contribution is 2.39. The number of hydrogen-bond acceptors (Lipinski definition) is 6. The minimum absolute atomic E-state index is 0.0328. The molecular formula is C22H25N5O3. The van der Waals surface area contributed by atoms with E-state index in [-0.39, 0.29) is 12.0 Å². The summed E-state index contributed by atoms with van der Waals surface area (Å²) in [5.74, 6) is 2.55. The van der Waals surface area contributed by atoms with E-state index in [0.29, 0.717) is 43.6 Å². The van der Waals surface area contributed by atoms with E-state index < -0.39 is 0 Å². The van der Waals surface area contributed by atoms with Crippen molar-refractivity contribution in [3.05, 3.63) is 47.5 Å². The molecule has 2 aliphatic rings. The molecule has 1 aromatic carbocycles. The van der Waals surface area contributed by atoms with Gasteiger partial charge >= 0.3 is 0 Å². The van der Waals surface area contributed by atoms with Crippen LogP contribution in [0.3, 0.4) is 0 Å². The Morgan fingerprint density at radius 3 is 2.77 bits per heavy atom. The third-order valence-corrected chi connectivity index (χ3v) is 5.64. The zero-order chi connectivity index (χ0) is 20.7. The van der Waals surface area contributed by atoms with Gasteiger partial charge in [0.2, 0.25) is 5.91 Å². The molecule has 0 atom stereocenters. The summed E-state index contributed by atoms with van der Waals surface area (Å²) in [4.78, 5) is 18.8. The summed E-state index contributed by atoms with van der Waals surface area (Å²) < 4.78 is 13.5. The molecule has 1 aliphatic heterocycles. The molecule has 30 heavy (non-hydrogen) atoms. The molecule has 0 bridgehead atoms. The number of nitrogens with zero attached hydrogens (tertiary/aromatic N) is 5. The number of rotatable bonds is 7. The van der Waals surface area contributed by atoms with E-state index in [1.165, 1.54) is 0 Å². The van der Waals surface area contributed by atoms with Crippen molar-refractivity contribution >= 4 is 5.91 Å². The van der Waals surface area contributed by atoms with Gasteiger partial charge in [0.15, 0.2) is 5.82 Å². The van der Waals surface area contributed by atoms with Gasteiger partial charge < -0.3 is 14.2 Å². The van der Waals surface area contributed by atoms with Crippen LogP contribution in [0.25, 0.3) is 11.5 Å². The number of aryl methyl sites for hydroxylation is 3. The SMILES string of the molecule is Cc1cc(C)n(CCC(=O)N2CC(Oc3ccccc3-c3nc(C4CC4)no3)C2)n1. The van der Waals surface area contributed by atoms with E-state index in [1.807, 2.05) is 53.8 Å². The van der Waals surface area contributed by atoms with Crippen molar-refractivity contribution in [2.75, 3.05) is 13.1 Å². The summed E-state index contributed by atoms with van der Waals surface area (Å²) in [5, 5.41) is 8.51. The Morgan fingerprint density at radius 2 is 2.03 bits per heavy atom. The van der Waals surface area contributed by atoms with Gasteiger partial charge in [-0.1, -0.05) is 17.3 Å². The minimum Gasteiger partial charge on any atom is -0.486 e. The molecule has 3 heterocycles. The molecule has 2 fully saturated rings. The first kappa shape index (κ1) is 18.8. The van der Waals surface area contributed by atoms with Gasteiger partial charge in [0.1, 0.15) is 11.9 Å². The fraction of sp³-hybridized carbons (Fsp3) is 0.455. The molecule has 3 aromatic rings. The maximum absolute atomic E-state index is 12.5. The van der Waals surface area contributed by atoms with E-state index in [4.69, 9.17) is 9.26 Å². The highest BCUT2D eigenvalue weighted by Gasteiger charge is 2.33. The molecule has 1 amide bonds. The lowest BCUT2D eigenvalue weighted by atomic mass is 10.1. The average Bonchev–Trinajstić information content (AvgIpc) is 3.34. The maximum atomic E-state index is 12.5. The Labute approximate surface area is 174 Å². The second-order valence-electron chi connectivity index (χ2n) is 8.17. The van der Waals surface area contributed by atoms with Gasteiger partial charge in [0.05, 0.1) is 24.3 Å². The van der Waals surface area contributed by atoms with Crippen LogP contribution in [0, 0.1) is 13.8 Å². The molecule has 0 N–H and O–H groups in total. The summed E-state index contributed by atoms with van der Waals surface area (Å²) in [6.07, 6.45) is 2.66. The molecule has 0 unspecified atom stereocenters. The van der Waals surface area contributed by atoms with Gasteiger partial charge in [-0.05, 0) is 44.9 Å². The number of ether oxygens (including phenoxy) is 1. The van der Waals surface area contributed by atoms with Crippen molar-refractivity contribution in [2.24, 2.45) is 0 Å². The fourth-order valence-electron chi connectivity index (χ4n) is 3.75. The maximum Gasteiger partial charge on any atom is 0.261 e. The lowest BCUT2D eigenvalue weighted by molar-refractivity contribution is -0.140. The molecule has 5 rings (SSSR count). The summed E-state index contributed by atoms with van der Waals surface area (Å²) in [7, 11) is 0. The summed E-state index contributed by atoms with van der Waals surface area (Å²) in [6.45, 7) is 5.74. The Morgan fingerprint density at radius 1 is 1.23 bits per heavy atom. The number of para-hydroxylation sites is 1. The molecule has 1 aliphatic carbocycles. The third-order valence-electron chi connectivity index (χ3n) is 5.64. The summed E-state index contributed by atoms with van der Waals surface area (Å²) in [5.41, 5.74) is 2.85. The third kappa shape index (κ3) is 3.81. The molecule has 1 saturated heterocycles. The summed E-state index contributed by atoms with van der Waals surface area (Å²) in [6, 6.07) is 9.71. The highest BCUT2D eigenvalue weighted by atomic mass is 16.5. The number of amides is 1. The van der Waals surface area contributed by atoms with Crippen LogP contribution in [-0.2, 0) is 11.3 Å². The van der Waals surface area contributed by atoms with Crippen LogP contribution in [0.5, 0.6) is 5.75 Å². The van der Waals surface area contributed by atoms with Gasteiger partial charge in [-0.15, -0.1) is 0 Å². The fourth-order valence-corrected chi connectivity index (χ4v) is 3.75. The van der Waals surface area contributed by atoms with Crippen LogP contribution < -0.4 is 4.74 Å². The molecule has 8 nitrogen and oxygen atoms in total. The zero-order valence-electron chi connectivity index (χ0n) is 17.2. The summed E-state index contributed by atoms with van der Waals surface area (Å²) >= 11 is 0. The van der Waals surface area contributed by atoms with Crippen LogP contribution in [0.4, 0.5) is 0 Å². The number of carbonyl (C=O) groups is 1. The lowest BCUT2D eigenvalue weighted by Crippen LogP contribution is -2.56. The van der Waals surface area contributed by atoms with Crippen LogP contribution in [0.1, 0.15) is 42.4 Å². The van der Waals surface area contributed by atoms with Crippen molar-refractivity contribution in [1.29, 1.82) is 0 Å². The van der Waals surface area contributed by atoms with E-state index >= 15 is 0 Å². The second-order valence-corrected chi connectivity index (χ2v) is 8.17. The largest absolute Gasteiger partial charge is 0.486 e. The predicted octanol–water partition coefficient (Wildman–Crippen LogP) is 3.11. The van der Waals surface area contributed by atoms with Crippen LogP contribution in [0.2, 0.25) is 0 Å². The minimum atomic E-state index is -0.0328. The second kappa shape index (κ2) is 7.59. The molecular weight excluding hydrogens is 382 g/mol. The van der Waals surface area contributed by atoms with Crippen LogP contribution in [-0.4, -0.2) is 49.9 Å². The predicted molar refractivity (Wildman–Crippen MR) is 109 cm³/mol. The topological polar surface area (TPSA) is 86.3 Å². The molecule has 8 heteroatoms. The molecule has 156 valence electrons. The lowest BCUT2D eigenvalue weighted by Gasteiger charge is -2.39. The van der Waals surface area contributed by atoms with Crippen molar-refractivity contribution in [1.82, 2.24) is 24.8 Å². The van der Waals surface area contributed by atoms with Crippen molar-refractivity contribution in [2.45, 2.75) is 51.7 Å². The van der Waals surface area contributed by atoms with Gasteiger partial charge in [0, 0.05) is 24.6 Å². The average molecular weight is 407 g/mol. The molecule has 1 saturated carbocycles. The van der Waals surface area contributed by atoms with Gasteiger partial charge in [-0.2, -0.15) is 10.1 Å². The normalized spacial score (nSPS) is 16.5. The Kier molecular flexibility index (Phi) is 4.77. The number of aromatic nitrogens is 4. The van der Waals surface area contributed by atoms with E-state index in [9.17, 15) is 4.79 Å². The number of hydrogen-bond donors (Lipinski definition) is 0. The molecule has 0 radical (unpaired) electrons. The standard InChI is InChI=1S/C22H25N5O3/c1-14-11-15(2)27(24-14)10-9-20(28)26-12-17(13-26)29-19-6-4-3-5-18(19)22-23-21(25-30-22)16-7-8-16/h3-6,11,16-17H,7-10,12-13H2,1-2H3. The number of carbonyl (C=O) groups excluding carboxylic acids is 1. The van der Waals surface area contributed by atoms with Crippen LogP contribution >= 0.6 is 0 Å². The number of benzene rings is 1.